The van der Waals surface area contributed by atoms with Crippen LogP contribution in [0.4, 0.5) is 0 Å². The van der Waals surface area contributed by atoms with Gasteiger partial charge >= 0.3 is 5.97 Å². The highest BCUT2D eigenvalue weighted by atomic mass is 16.5. The molecule has 0 aromatic carbocycles. The van der Waals surface area contributed by atoms with Gasteiger partial charge in [0.25, 0.3) is 0 Å². The van der Waals surface area contributed by atoms with Crippen LogP contribution in [-0.2, 0) is 16.0 Å². The van der Waals surface area contributed by atoms with Crippen molar-refractivity contribution in [2.45, 2.75) is 90.3 Å². The summed E-state index contributed by atoms with van der Waals surface area (Å²) in [6, 6.07) is 6.03. The van der Waals surface area contributed by atoms with Gasteiger partial charge in [0.1, 0.15) is 6.10 Å². The van der Waals surface area contributed by atoms with E-state index in [1.165, 1.54) is 25.3 Å². The van der Waals surface area contributed by atoms with Gasteiger partial charge in [0.05, 0.1) is 5.60 Å². The Morgan fingerprint density at radius 3 is 2.68 bits per heavy atom. The smallest absolute Gasteiger partial charge is 0.303 e. The molecule has 4 aliphatic rings. The van der Waals surface area contributed by atoms with Crippen molar-refractivity contribution in [2.75, 3.05) is 0 Å². The quantitative estimate of drug-likeness (QED) is 0.533. The molecule has 0 amide bonds. The molecular weight excluding hydrogens is 386 g/mol. The predicted molar refractivity (Wildman–Crippen MR) is 120 cm³/mol. The van der Waals surface area contributed by atoms with Crippen LogP contribution in [-0.4, -0.2) is 27.8 Å². The zero-order valence-corrected chi connectivity index (χ0v) is 19.3. The summed E-state index contributed by atoms with van der Waals surface area (Å²) in [5, 5.41) is 11.9. The Morgan fingerprint density at radius 2 is 1.94 bits per heavy atom. The fraction of sp³-hybridized carbons (Fsp3) is 0.704. The van der Waals surface area contributed by atoms with Crippen molar-refractivity contribution in [2.24, 2.45) is 28.6 Å². The first-order valence-electron chi connectivity index (χ1n) is 12.3. The highest BCUT2D eigenvalue weighted by molar-refractivity contribution is 5.66. The van der Waals surface area contributed by atoms with E-state index in [9.17, 15) is 9.90 Å². The molecule has 168 valence electrons. The molecule has 0 bridgehead atoms. The van der Waals surface area contributed by atoms with Gasteiger partial charge in [-0.3, -0.25) is 9.78 Å². The molecule has 4 aliphatic carbocycles. The standard InChI is InChI=1S/C27H37NO3/c1-18(29)31-21-9-12-25(2)19(16-21)7-8-22-23(25)10-13-26(3)24(22)11-14-27(26,30)17-20-6-4-5-15-28-20/h4-6,15-16,21-24,30H,7-14,17H2,1-3H3/t21-,22+,23-,24-,25-,26-,27+/m0/s1. The van der Waals surface area contributed by atoms with Gasteiger partial charge in [-0.15, -0.1) is 0 Å². The Labute approximate surface area is 186 Å². The monoisotopic (exact) mass is 423 g/mol. The van der Waals surface area contributed by atoms with E-state index in [1.807, 2.05) is 18.3 Å². The molecule has 3 fully saturated rings. The van der Waals surface area contributed by atoms with E-state index in [2.05, 4.69) is 31.0 Å². The number of allylic oxidation sites excluding steroid dienone is 1. The highest BCUT2D eigenvalue weighted by Gasteiger charge is 2.63. The molecule has 5 rings (SSSR count). The summed E-state index contributed by atoms with van der Waals surface area (Å²) in [6.07, 6.45) is 13.4. The predicted octanol–water partition coefficient (Wildman–Crippen LogP) is 5.25. The normalized spacial score (nSPS) is 43.9. The number of rotatable bonds is 3. The summed E-state index contributed by atoms with van der Waals surface area (Å²) >= 11 is 0. The minimum Gasteiger partial charge on any atom is -0.458 e. The number of ether oxygens (including phenoxy) is 1. The lowest BCUT2D eigenvalue weighted by atomic mass is 9.46. The first-order chi connectivity index (χ1) is 14.8. The number of nitrogens with zero attached hydrogens (tertiary/aromatic N) is 1. The van der Waals surface area contributed by atoms with Crippen molar-refractivity contribution in [3.63, 3.8) is 0 Å². The van der Waals surface area contributed by atoms with Crippen LogP contribution in [0.25, 0.3) is 0 Å². The molecule has 1 aromatic heterocycles. The third-order valence-electron chi connectivity index (χ3n) is 9.91. The molecule has 1 N–H and O–H groups in total. The number of fused-ring (bicyclic) bond motifs is 5. The Hall–Kier alpha value is -1.68. The zero-order valence-electron chi connectivity index (χ0n) is 19.3. The fourth-order valence-corrected chi connectivity index (χ4v) is 8.21. The van der Waals surface area contributed by atoms with E-state index in [0.717, 1.165) is 44.2 Å². The van der Waals surface area contributed by atoms with Crippen molar-refractivity contribution in [1.29, 1.82) is 0 Å². The summed E-state index contributed by atoms with van der Waals surface area (Å²) in [5.74, 6) is 1.78. The van der Waals surface area contributed by atoms with Crippen LogP contribution in [0.3, 0.4) is 0 Å². The minimum absolute atomic E-state index is 0.0296. The van der Waals surface area contributed by atoms with Crippen LogP contribution in [0, 0.1) is 28.6 Å². The fourth-order valence-electron chi connectivity index (χ4n) is 8.21. The van der Waals surface area contributed by atoms with E-state index in [4.69, 9.17) is 4.74 Å². The van der Waals surface area contributed by atoms with Gasteiger partial charge in [0, 0.05) is 25.2 Å². The van der Waals surface area contributed by atoms with Gasteiger partial charge in [-0.2, -0.15) is 0 Å². The van der Waals surface area contributed by atoms with Gasteiger partial charge in [-0.05, 0) is 98.2 Å². The molecule has 7 atom stereocenters. The molecule has 0 radical (unpaired) electrons. The van der Waals surface area contributed by atoms with E-state index in [-0.39, 0.29) is 22.9 Å². The van der Waals surface area contributed by atoms with Gasteiger partial charge in [-0.1, -0.05) is 25.5 Å². The number of carbonyl (C=O) groups excluding carboxylic acids is 1. The molecule has 0 unspecified atom stereocenters. The summed E-state index contributed by atoms with van der Waals surface area (Å²) < 4.78 is 5.54. The van der Waals surface area contributed by atoms with Crippen molar-refractivity contribution in [3.8, 4) is 0 Å². The van der Waals surface area contributed by atoms with Gasteiger partial charge in [-0.25, -0.2) is 0 Å². The molecule has 31 heavy (non-hydrogen) atoms. The molecule has 1 heterocycles. The third-order valence-corrected chi connectivity index (χ3v) is 9.91. The van der Waals surface area contributed by atoms with E-state index < -0.39 is 5.60 Å². The molecule has 0 saturated heterocycles. The lowest BCUT2D eigenvalue weighted by Crippen LogP contribution is -2.55. The van der Waals surface area contributed by atoms with Crippen LogP contribution >= 0.6 is 0 Å². The molecule has 0 spiro atoms. The average molecular weight is 424 g/mol. The molecule has 3 saturated carbocycles. The number of hydrogen-bond donors (Lipinski definition) is 1. The van der Waals surface area contributed by atoms with Gasteiger partial charge in [0.2, 0.25) is 0 Å². The van der Waals surface area contributed by atoms with E-state index in [0.29, 0.717) is 24.2 Å². The topological polar surface area (TPSA) is 59.4 Å². The second kappa shape index (κ2) is 7.43. The first kappa shape index (κ1) is 21.2. The lowest BCUT2D eigenvalue weighted by molar-refractivity contribution is -0.146. The maximum atomic E-state index is 11.9. The van der Waals surface area contributed by atoms with Crippen LogP contribution in [0.1, 0.15) is 77.8 Å². The zero-order chi connectivity index (χ0) is 21.9. The maximum absolute atomic E-state index is 11.9. The van der Waals surface area contributed by atoms with E-state index in [1.54, 1.807) is 0 Å². The second-order valence-corrected chi connectivity index (χ2v) is 11.2. The molecule has 4 nitrogen and oxygen atoms in total. The third kappa shape index (κ3) is 3.28. The molecule has 4 heteroatoms. The number of pyridine rings is 1. The summed E-state index contributed by atoms with van der Waals surface area (Å²) in [5.41, 5.74) is 2.08. The largest absolute Gasteiger partial charge is 0.458 e. The summed E-state index contributed by atoms with van der Waals surface area (Å²) in [7, 11) is 0. The van der Waals surface area contributed by atoms with Gasteiger partial charge in [0.15, 0.2) is 0 Å². The Kier molecular flexibility index (Phi) is 5.08. The Morgan fingerprint density at radius 1 is 1.13 bits per heavy atom. The van der Waals surface area contributed by atoms with Crippen molar-refractivity contribution < 1.29 is 14.6 Å². The number of aromatic nitrogens is 1. The summed E-state index contributed by atoms with van der Waals surface area (Å²) in [6.45, 7) is 6.35. The van der Waals surface area contributed by atoms with Crippen LogP contribution < -0.4 is 0 Å². The number of carbonyl (C=O) groups is 1. The van der Waals surface area contributed by atoms with E-state index >= 15 is 0 Å². The molecule has 1 aromatic rings. The SMILES string of the molecule is CC(=O)O[C@@H]1C=C2CC[C@@H]3[C@H](CC[C@@]4(C)[C@H]3CC[C@@]4(O)Cc3ccccn3)[C@@]2(C)CC1. The molecular formula is C27H37NO3. The average Bonchev–Trinajstić information content (AvgIpc) is 2.99. The number of aliphatic hydroxyl groups is 1. The summed E-state index contributed by atoms with van der Waals surface area (Å²) in [4.78, 5) is 16.0. The highest BCUT2D eigenvalue weighted by Crippen LogP contribution is 2.68. The Balaban J connectivity index is 1.39. The molecule has 0 aliphatic heterocycles. The van der Waals surface area contributed by atoms with Gasteiger partial charge < -0.3 is 9.84 Å². The minimum atomic E-state index is -0.652. The number of esters is 1. The maximum Gasteiger partial charge on any atom is 0.303 e. The van der Waals surface area contributed by atoms with Crippen molar-refractivity contribution >= 4 is 5.97 Å². The first-order valence-corrected chi connectivity index (χ1v) is 12.3. The van der Waals surface area contributed by atoms with Crippen molar-refractivity contribution in [1.82, 2.24) is 4.98 Å². The Bertz CT molecular complexity index is 882. The number of hydrogen-bond acceptors (Lipinski definition) is 4. The second-order valence-electron chi connectivity index (χ2n) is 11.2. The van der Waals surface area contributed by atoms with Crippen LogP contribution in [0.2, 0.25) is 0 Å². The van der Waals surface area contributed by atoms with Crippen molar-refractivity contribution in [3.05, 3.63) is 41.7 Å². The van der Waals surface area contributed by atoms with Crippen LogP contribution in [0.5, 0.6) is 0 Å². The lowest BCUT2D eigenvalue weighted by Gasteiger charge is -2.59. The van der Waals surface area contributed by atoms with Crippen LogP contribution in [0.15, 0.2) is 36.0 Å².